The van der Waals surface area contributed by atoms with Gasteiger partial charge in [-0.2, -0.15) is 0 Å². The van der Waals surface area contributed by atoms with Gasteiger partial charge < -0.3 is 0 Å². The Kier molecular flexibility index (Phi) is 3.76. The number of hydrogen-bond donors (Lipinski definition) is 0. The number of hydrogen-bond acceptors (Lipinski definition) is 3. The molecule has 0 N–H and O–H groups in total. The number of thioether (sulfide) groups is 1. The van der Waals surface area contributed by atoms with E-state index in [1.54, 1.807) is 11.8 Å². The Hall–Kier alpha value is -1.06. The van der Waals surface area contributed by atoms with Gasteiger partial charge in [0.05, 0.1) is 0 Å². The van der Waals surface area contributed by atoms with Crippen LogP contribution in [0.2, 0.25) is 5.15 Å². The van der Waals surface area contributed by atoms with Gasteiger partial charge in [0.1, 0.15) is 16.0 Å². The quantitative estimate of drug-likeness (QED) is 0.801. The van der Waals surface area contributed by atoms with Crippen LogP contribution in [0.1, 0.15) is 23.9 Å². The second-order valence-corrected chi connectivity index (χ2v) is 6.62. The second-order valence-electron chi connectivity index (χ2n) is 4.83. The summed E-state index contributed by atoms with van der Waals surface area (Å²) in [6.07, 6.45) is 2.78. The molecular formula is C15H15ClN2S. The van der Waals surface area contributed by atoms with Crippen LogP contribution >= 0.6 is 23.4 Å². The molecule has 98 valence electrons. The lowest BCUT2D eigenvalue weighted by Crippen LogP contribution is -2.01. The summed E-state index contributed by atoms with van der Waals surface area (Å²) in [5, 5.41) is 2.28. The monoisotopic (exact) mass is 290 g/mol. The van der Waals surface area contributed by atoms with E-state index in [1.807, 2.05) is 6.07 Å². The lowest BCUT2D eigenvalue weighted by atomic mass is 10.1. The summed E-state index contributed by atoms with van der Waals surface area (Å²) >= 11 is 8.06. The van der Waals surface area contributed by atoms with Crippen molar-refractivity contribution >= 4 is 23.4 Å². The summed E-state index contributed by atoms with van der Waals surface area (Å²) in [5.41, 5.74) is 2.44. The molecule has 1 unspecified atom stereocenters. The zero-order chi connectivity index (χ0) is 13.2. The first-order valence-corrected chi connectivity index (χ1v) is 7.74. The standard InChI is InChI=1S/C15H15ClN2S/c1-10-9-12-14(16)17-13(18-15(12)19-10)8-7-11-5-3-2-4-6-11/h2-6,10H,7-9H2,1H3. The molecule has 0 saturated carbocycles. The van der Waals surface area contributed by atoms with E-state index in [0.717, 1.165) is 35.7 Å². The average molecular weight is 291 g/mol. The molecule has 1 aliphatic heterocycles. The van der Waals surface area contributed by atoms with E-state index < -0.39 is 0 Å². The fourth-order valence-corrected chi connectivity index (χ4v) is 3.71. The van der Waals surface area contributed by atoms with Crippen LogP contribution in [0.15, 0.2) is 35.4 Å². The number of halogens is 1. The summed E-state index contributed by atoms with van der Waals surface area (Å²) in [4.78, 5) is 9.08. The van der Waals surface area contributed by atoms with Crippen LogP contribution in [0.4, 0.5) is 0 Å². The smallest absolute Gasteiger partial charge is 0.137 e. The maximum absolute atomic E-state index is 6.26. The highest BCUT2D eigenvalue weighted by atomic mass is 35.5. The van der Waals surface area contributed by atoms with Crippen molar-refractivity contribution in [2.45, 2.75) is 36.5 Å². The van der Waals surface area contributed by atoms with Crippen molar-refractivity contribution in [1.82, 2.24) is 9.97 Å². The first kappa shape index (κ1) is 12.9. The number of benzene rings is 1. The average Bonchev–Trinajstić information content (AvgIpc) is 2.79. The third kappa shape index (κ3) is 2.93. The van der Waals surface area contributed by atoms with Crippen molar-refractivity contribution in [3.8, 4) is 0 Å². The highest BCUT2D eigenvalue weighted by Crippen LogP contribution is 2.38. The van der Waals surface area contributed by atoms with Crippen LogP contribution in [0, 0.1) is 0 Å². The maximum atomic E-state index is 6.26. The summed E-state index contributed by atoms with van der Waals surface area (Å²) in [7, 11) is 0. The Morgan fingerprint density at radius 1 is 1.21 bits per heavy atom. The Morgan fingerprint density at radius 2 is 2.00 bits per heavy atom. The minimum atomic E-state index is 0.561. The highest BCUT2D eigenvalue weighted by Gasteiger charge is 2.24. The maximum Gasteiger partial charge on any atom is 0.137 e. The zero-order valence-electron chi connectivity index (χ0n) is 10.8. The third-order valence-corrected chi connectivity index (χ3v) is 4.69. The lowest BCUT2D eigenvalue weighted by Gasteiger charge is -2.05. The molecule has 1 aromatic heterocycles. The minimum Gasteiger partial charge on any atom is -0.226 e. The molecule has 3 rings (SSSR count). The number of fused-ring (bicyclic) bond motifs is 1. The molecule has 0 fully saturated rings. The summed E-state index contributed by atoms with van der Waals surface area (Å²) in [6, 6.07) is 10.4. The van der Waals surface area contributed by atoms with Crippen LogP contribution in [0.3, 0.4) is 0 Å². The molecule has 2 heterocycles. The molecule has 2 aromatic rings. The van der Waals surface area contributed by atoms with Crippen molar-refractivity contribution in [3.63, 3.8) is 0 Å². The molecule has 0 aliphatic carbocycles. The van der Waals surface area contributed by atoms with Crippen molar-refractivity contribution < 1.29 is 0 Å². The van der Waals surface area contributed by atoms with Crippen LogP contribution in [0.25, 0.3) is 0 Å². The van der Waals surface area contributed by atoms with Gasteiger partial charge in [0.25, 0.3) is 0 Å². The SMILES string of the molecule is CC1Cc2c(Cl)nc(CCc3ccccc3)nc2S1. The Morgan fingerprint density at radius 3 is 2.79 bits per heavy atom. The van der Waals surface area contributed by atoms with Crippen molar-refractivity contribution in [2.24, 2.45) is 0 Å². The molecule has 1 atom stereocenters. The van der Waals surface area contributed by atoms with Crippen LogP contribution < -0.4 is 0 Å². The summed E-state index contributed by atoms with van der Waals surface area (Å²) < 4.78 is 0. The summed E-state index contributed by atoms with van der Waals surface area (Å²) in [6.45, 7) is 2.20. The van der Waals surface area contributed by atoms with Gasteiger partial charge in [0.2, 0.25) is 0 Å². The zero-order valence-corrected chi connectivity index (χ0v) is 12.3. The van der Waals surface area contributed by atoms with E-state index in [9.17, 15) is 0 Å². The van der Waals surface area contributed by atoms with Gasteiger partial charge in [-0.15, -0.1) is 11.8 Å². The molecule has 4 heteroatoms. The van der Waals surface area contributed by atoms with Gasteiger partial charge in [-0.1, -0.05) is 48.9 Å². The highest BCUT2D eigenvalue weighted by molar-refractivity contribution is 8.00. The van der Waals surface area contributed by atoms with Crippen molar-refractivity contribution in [2.75, 3.05) is 0 Å². The number of aryl methyl sites for hydroxylation is 2. The topological polar surface area (TPSA) is 25.8 Å². The molecule has 1 aromatic carbocycles. The number of aromatic nitrogens is 2. The lowest BCUT2D eigenvalue weighted by molar-refractivity contribution is 0.811. The normalized spacial score (nSPS) is 17.5. The molecule has 0 bridgehead atoms. The van der Waals surface area contributed by atoms with Crippen molar-refractivity contribution in [1.29, 1.82) is 0 Å². The molecule has 0 radical (unpaired) electrons. The first-order chi connectivity index (χ1) is 9.22. The molecule has 19 heavy (non-hydrogen) atoms. The number of rotatable bonds is 3. The molecule has 1 aliphatic rings. The van der Waals surface area contributed by atoms with Crippen LogP contribution in [-0.4, -0.2) is 15.2 Å². The second kappa shape index (κ2) is 5.51. The van der Waals surface area contributed by atoms with Crippen LogP contribution in [-0.2, 0) is 19.3 Å². The molecule has 2 nitrogen and oxygen atoms in total. The fraction of sp³-hybridized carbons (Fsp3) is 0.333. The van der Waals surface area contributed by atoms with E-state index in [1.165, 1.54) is 5.56 Å². The van der Waals surface area contributed by atoms with Gasteiger partial charge in [0.15, 0.2) is 0 Å². The van der Waals surface area contributed by atoms with Crippen LogP contribution in [0.5, 0.6) is 0 Å². The molecule has 0 amide bonds. The Balaban J connectivity index is 1.76. The van der Waals surface area contributed by atoms with Gasteiger partial charge in [-0.3, -0.25) is 0 Å². The van der Waals surface area contributed by atoms with Crippen molar-refractivity contribution in [3.05, 3.63) is 52.4 Å². The third-order valence-electron chi connectivity index (χ3n) is 3.25. The molecule has 0 saturated heterocycles. The Labute approximate surface area is 122 Å². The fourth-order valence-electron chi connectivity index (χ4n) is 2.28. The first-order valence-electron chi connectivity index (χ1n) is 6.48. The van der Waals surface area contributed by atoms with Gasteiger partial charge in [-0.25, -0.2) is 9.97 Å². The van der Waals surface area contributed by atoms with E-state index in [4.69, 9.17) is 11.6 Å². The molecule has 0 spiro atoms. The minimum absolute atomic E-state index is 0.561. The van der Waals surface area contributed by atoms with E-state index >= 15 is 0 Å². The largest absolute Gasteiger partial charge is 0.226 e. The predicted molar refractivity (Wildman–Crippen MR) is 79.9 cm³/mol. The predicted octanol–water partition coefficient (Wildman–Crippen LogP) is 3.95. The summed E-state index contributed by atoms with van der Waals surface area (Å²) in [5.74, 6) is 0.856. The molecular weight excluding hydrogens is 276 g/mol. The Bertz CT molecular complexity index is 586. The van der Waals surface area contributed by atoms with E-state index in [-0.39, 0.29) is 0 Å². The number of nitrogens with zero attached hydrogens (tertiary/aromatic N) is 2. The van der Waals surface area contributed by atoms with Gasteiger partial charge in [0, 0.05) is 17.2 Å². The van der Waals surface area contributed by atoms with Gasteiger partial charge in [-0.05, 0) is 18.4 Å². The van der Waals surface area contributed by atoms with Gasteiger partial charge >= 0.3 is 0 Å². The van der Waals surface area contributed by atoms with E-state index in [2.05, 4.69) is 41.2 Å². The van der Waals surface area contributed by atoms with E-state index in [0.29, 0.717) is 10.4 Å².